The number of anilines is 1. The van der Waals surface area contributed by atoms with Gasteiger partial charge in [0.1, 0.15) is 5.82 Å². The van der Waals surface area contributed by atoms with Crippen molar-refractivity contribution in [3.05, 3.63) is 23.9 Å². The number of piperidine rings is 1. The molecule has 0 spiro atoms. The van der Waals surface area contributed by atoms with E-state index in [-0.39, 0.29) is 24.0 Å². The summed E-state index contributed by atoms with van der Waals surface area (Å²) in [5, 5.41) is 3.42. The van der Waals surface area contributed by atoms with Gasteiger partial charge in [-0.1, -0.05) is 6.92 Å². The van der Waals surface area contributed by atoms with Crippen molar-refractivity contribution in [2.75, 3.05) is 38.6 Å². The molecule has 0 aliphatic carbocycles. The van der Waals surface area contributed by atoms with Crippen LogP contribution < -0.4 is 10.2 Å². The molecular weight excluding hydrogens is 401 g/mol. The van der Waals surface area contributed by atoms with E-state index in [0.717, 1.165) is 37.3 Å². The average molecular weight is 431 g/mol. The molecule has 130 valence electrons. The van der Waals surface area contributed by atoms with Crippen LogP contribution in [0.4, 0.5) is 5.82 Å². The maximum absolute atomic E-state index is 4.82. The van der Waals surface area contributed by atoms with Crippen LogP contribution in [0.3, 0.4) is 0 Å². The van der Waals surface area contributed by atoms with Crippen LogP contribution in [0.1, 0.15) is 32.3 Å². The van der Waals surface area contributed by atoms with Crippen molar-refractivity contribution in [1.82, 2.24) is 15.2 Å². The first-order valence-electron chi connectivity index (χ1n) is 8.25. The maximum atomic E-state index is 4.82. The van der Waals surface area contributed by atoms with Gasteiger partial charge in [-0.05, 0) is 43.4 Å². The fraction of sp³-hybridized carbons (Fsp3) is 0.647. The highest BCUT2D eigenvalue weighted by molar-refractivity contribution is 14.0. The van der Waals surface area contributed by atoms with Crippen molar-refractivity contribution < 1.29 is 0 Å². The van der Waals surface area contributed by atoms with Crippen molar-refractivity contribution in [3.63, 3.8) is 0 Å². The zero-order valence-electron chi connectivity index (χ0n) is 14.7. The van der Waals surface area contributed by atoms with Crippen molar-refractivity contribution >= 4 is 35.8 Å². The summed E-state index contributed by atoms with van der Waals surface area (Å²) < 4.78 is 0. The summed E-state index contributed by atoms with van der Waals surface area (Å²) in [4.78, 5) is 13.6. The Labute approximate surface area is 157 Å². The van der Waals surface area contributed by atoms with Gasteiger partial charge in [0.25, 0.3) is 0 Å². The van der Waals surface area contributed by atoms with Gasteiger partial charge in [-0.25, -0.2) is 9.98 Å². The first kappa shape index (κ1) is 20.0. The Balaban J connectivity index is 0.00000264. The third-order valence-electron chi connectivity index (χ3n) is 4.10. The molecule has 23 heavy (non-hydrogen) atoms. The Hall–Kier alpha value is -1.05. The maximum Gasteiger partial charge on any atom is 0.194 e. The normalized spacial score (nSPS) is 16.0. The van der Waals surface area contributed by atoms with E-state index in [0.29, 0.717) is 6.54 Å². The molecule has 1 aromatic heterocycles. The lowest BCUT2D eigenvalue weighted by atomic mass is 10.00. The number of halogens is 1. The lowest BCUT2D eigenvalue weighted by Crippen LogP contribution is -2.45. The van der Waals surface area contributed by atoms with Crippen molar-refractivity contribution in [1.29, 1.82) is 0 Å². The van der Waals surface area contributed by atoms with Gasteiger partial charge in [0.15, 0.2) is 5.96 Å². The van der Waals surface area contributed by atoms with E-state index in [4.69, 9.17) is 4.99 Å². The molecule has 0 saturated carbocycles. The lowest BCUT2D eigenvalue weighted by Gasteiger charge is -2.33. The number of rotatable bonds is 4. The predicted molar refractivity (Wildman–Crippen MR) is 109 cm³/mol. The minimum Gasteiger partial charge on any atom is -0.363 e. The van der Waals surface area contributed by atoms with Crippen molar-refractivity contribution in [3.8, 4) is 0 Å². The average Bonchev–Trinajstić information content (AvgIpc) is 2.52. The number of aromatic nitrogens is 1. The van der Waals surface area contributed by atoms with Crippen LogP contribution in [0.15, 0.2) is 23.3 Å². The summed E-state index contributed by atoms with van der Waals surface area (Å²) in [6, 6.07) is 4.14. The van der Waals surface area contributed by atoms with Gasteiger partial charge in [-0.3, -0.25) is 0 Å². The minimum atomic E-state index is 0. The van der Waals surface area contributed by atoms with Crippen molar-refractivity contribution in [2.24, 2.45) is 10.9 Å². The first-order chi connectivity index (χ1) is 10.6. The summed E-state index contributed by atoms with van der Waals surface area (Å²) in [7, 11) is 4.02. The van der Waals surface area contributed by atoms with Crippen molar-refractivity contribution in [2.45, 2.75) is 33.2 Å². The van der Waals surface area contributed by atoms with Crippen LogP contribution in [0.2, 0.25) is 0 Å². The third kappa shape index (κ3) is 6.16. The monoisotopic (exact) mass is 431 g/mol. The van der Waals surface area contributed by atoms with Gasteiger partial charge in [-0.2, -0.15) is 0 Å². The molecule has 0 atom stereocenters. The predicted octanol–water partition coefficient (Wildman–Crippen LogP) is 2.96. The van der Waals surface area contributed by atoms with Crippen LogP contribution in [0.5, 0.6) is 0 Å². The van der Waals surface area contributed by atoms with Gasteiger partial charge in [-0.15, -0.1) is 24.0 Å². The van der Waals surface area contributed by atoms with E-state index >= 15 is 0 Å². The van der Waals surface area contributed by atoms with E-state index in [2.05, 4.69) is 35.1 Å². The third-order valence-corrected chi connectivity index (χ3v) is 4.10. The molecule has 0 radical (unpaired) electrons. The van der Waals surface area contributed by atoms with E-state index in [9.17, 15) is 0 Å². The summed E-state index contributed by atoms with van der Waals surface area (Å²) in [5.74, 6) is 2.85. The topological polar surface area (TPSA) is 43.8 Å². The zero-order chi connectivity index (χ0) is 15.9. The molecule has 1 saturated heterocycles. The van der Waals surface area contributed by atoms with E-state index < -0.39 is 0 Å². The standard InChI is InChI=1S/C17H29N5.HI/c1-5-18-17(22-10-7-14(2)8-11-22)20-13-15-6-9-19-16(12-15)21(3)4;/h6,9,12,14H,5,7-8,10-11,13H2,1-4H3,(H,18,20);1H. The molecule has 0 aromatic carbocycles. The number of hydrogen-bond acceptors (Lipinski definition) is 3. The molecule has 1 aliphatic rings. The Morgan fingerprint density at radius 2 is 2.09 bits per heavy atom. The Kier molecular flexibility index (Phi) is 8.65. The summed E-state index contributed by atoms with van der Waals surface area (Å²) >= 11 is 0. The van der Waals surface area contributed by atoms with Gasteiger partial charge in [0.2, 0.25) is 0 Å². The number of guanidine groups is 1. The van der Waals surface area contributed by atoms with Crippen LogP contribution in [-0.2, 0) is 6.54 Å². The van der Waals surface area contributed by atoms with Gasteiger partial charge in [0.05, 0.1) is 6.54 Å². The molecule has 0 bridgehead atoms. The Morgan fingerprint density at radius 1 is 1.39 bits per heavy atom. The number of aliphatic imine (C=N–C) groups is 1. The number of likely N-dealkylation sites (tertiary alicyclic amines) is 1. The highest BCUT2D eigenvalue weighted by Crippen LogP contribution is 2.16. The highest BCUT2D eigenvalue weighted by atomic mass is 127. The Bertz CT molecular complexity index is 496. The summed E-state index contributed by atoms with van der Waals surface area (Å²) in [6.45, 7) is 8.26. The van der Waals surface area contributed by atoms with E-state index in [1.165, 1.54) is 18.4 Å². The largest absolute Gasteiger partial charge is 0.363 e. The summed E-state index contributed by atoms with van der Waals surface area (Å²) in [6.07, 6.45) is 4.37. The minimum absolute atomic E-state index is 0. The quantitative estimate of drug-likeness (QED) is 0.453. The molecule has 1 aromatic rings. The lowest BCUT2D eigenvalue weighted by molar-refractivity contribution is 0.273. The molecule has 1 fully saturated rings. The Morgan fingerprint density at radius 3 is 2.70 bits per heavy atom. The highest BCUT2D eigenvalue weighted by Gasteiger charge is 2.18. The molecule has 1 aliphatic heterocycles. The molecule has 0 amide bonds. The summed E-state index contributed by atoms with van der Waals surface area (Å²) in [5.41, 5.74) is 1.19. The van der Waals surface area contributed by atoms with E-state index in [1.807, 2.05) is 31.3 Å². The number of hydrogen-bond donors (Lipinski definition) is 1. The second-order valence-corrected chi connectivity index (χ2v) is 6.26. The number of nitrogens with zero attached hydrogens (tertiary/aromatic N) is 4. The number of pyridine rings is 1. The molecule has 1 N–H and O–H groups in total. The van der Waals surface area contributed by atoms with Gasteiger partial charge in [0, 0.05) is 39.9 Å². The van der Waals surface area contributed by atoms with Crippen LogP contribution in [0.25, 0.3) is 0 Å². The van der Waals surface area contributed by atoms with Crippen LogP contribution >= 0.6 is 24.0 Å². The van der Waals surface area contributed by atoms with Crippen LogP contribution in [-0.4, -0.2) is 49.6 Å². The smallest absolute Gasteiger partial charge is 0.194 e. The van der Waals surface area contributed by atoms with Gasteiger partial charge < -0.3 is 15.1 Å². The molecular formula is C17H30IN5. The second-order valence-electron chi connectivity index (χ2n) is 6.26. The second kappa shape index (κ2) is 9.95. The molecule has 6 heteroatoms. The van der Waals surface area contributed by atoms with Gasteiger partial charge >= 0.3 is 0 Å². The molecule has 2 heterocycles. The van der Waals surface area contributed by atoms with E-state index in [1.54, 1.807) is 0 Å². The van der Waals surface area contributed by atoms with Crippen LogP contribution in [0, 0.1) is 5.92 Å². The SMILES string of the molecule is CCNC(=NCc1ccnc(N(C)C)c1)N1CCC(C)CC1.I. The zero-order valence-corrected chi connectivity index (χ0v) is 17.1. The fourth-order valence-electron chi connectivity index (χ4n) is 2.62. The molecule has 2 rings (SSSR count). The fourth-order valence-corrected chi connectivity index (χ4v) is 2.62. The first-order valence-corrected chi connectivity index (χ1v) is 8.25. The molecule has 0 unspecified atom stereocenters. The molecule has 5 nitrogen and oxygen atoms in total. The number of nitrogens with one attached hydrogen (secondary N) is 1.